The average molecular weight is 501 g/mol. The van der Waals surface area contributed by atoms with E-state index in [2.05, 4.69) is 6.07 Å². The first kappa shape index (κ1) is 24.2. The third-order valence-corrected chi connectivity index (χ3v) is 8.34. The van der Waals surface area contributed by atoms with E-state index in [9.17, 15) is 18.0 Å². The van der Waals surface area contributed by atoms with Gasteiger partial charge in [0.1, 0.15) is 6.04 Å². The molecule has 0 saturated carbocycles. The number of carbonyl (C=O) groups excluding carboxylic acids is 2. The standard InChI is InChI=1S/C24H25ClN4O4S/c1-27(14-17-7-9-20(25)10-8-17)24(31)22-6-3-11-29(22)23(30)19-4-2-5-21(12-19)34(32,33)28-15-18(13-26)16-28/h2,4-5,7-10,12,18,22H,3,6,11,14-16H2,1H3. The highest BCUT2D eigenvalue weighted by atomic mass is 35.5. The van der Waals surface area contributed by atoms with Gasteiger partial charge in [0.25, 0.3) is 5.91 Å². The molecule has 2 heterocycles. The fraction of sp³-hybridized carbons (Fsp3) is 0.375. The normalized spacial score (nSPS) is 18.9. The fourth-order valence-electron chi connectivity index (χ4n) is 4.28. The number of sulfonamides is 1. The van der Waals surface area contributed by atoms with Gasteiger partial charge in [-0.1, -0.05) is 29.8 Å². The van der Waals surface area contributed by atoms with Crippen molar-refractivity contribution in [3.63, 3.8) is 0 Å². The number of rotatable bonds is 6. The highest BCUT2D eigenvalue weighted by Crippen LogP contribution is 2.27. The SMILES string of the molecule is CN(Cc1ccc(Cl)cc1)C(=O)C1CCCN1C(=O)c1cccc(S(=O)(=O)N2CC(C#N)C2)c1. The van der Waals surface area contributed by atoms with Crippen LogP contribution in [0.15, 0.2) is 53.4 Å². The first-order valence-corrected chi connectivity index (χ1v) is 12.8. The lowest BCUT2D eigenvalue weighted by Gasteiger charge is -2.34. The Morgan fingerprint density at radius 1 is 1.18 bits per heavy atom. The summed E-state index contributed by atoms with van der Waals surface area (Å²) in [4.78, 5) is 29.6. The number of carbonyl (C=O) groups is 2. The zero-order valence-corrected chi connectivity index (χ0v) is 20.3. The first-order chi connectivity index (χ1) is 16.2. The van der Waals surface area contributed by atoms with Crippen LogP contribution in [0.5, 0.6) is 0 Å². The second-order valence-corrected chi connectivity index (χ2v) is 11.0. The number of likely N-dealkylation sites (tertiary alicyclic amines) is 1. The van der Waals surface area contributed by atoms with Crippen LogP contribution in [0.3, 0.4) is 0 Å². The zero-order chi connectivity index (χ0) is 24.5. The molecule has 0 radical (unpaired) electrons. The Hall–Kier alpha value is -2.93. The number of benzene rings is 2. The molecule has 0 bridgehead atoms. The molecule has 1 atom stereocenters. The molecule has 2 aliphatic heterocycles. The van der Waals surface area contributed by atoms with Crippen LogP contribution < -0.4 is 0 Å². The van der Waals surface area contributed by atoms with Gasteiger partial charge in [0, 0.05) is 43.8 Å². The van der Waals surface area contributed by atoms with Crippen LogP contribution in [-0.4, -0.2) is 67.1 Å². The van der Waals surface area contributed by atoms with Gasteiger partial charge in [0.15, 0.2) is 0 Å². The van der Waals surface area contributed by atoms with Crippen LogP contribution in [0, 0.1) is 17.2 Å². The van der Waals surface area contributed by atoms with Gasteiger partial charge in [0.2, 0.25) is 15.9 Å². The maximum Gasteiger partial charge on any atom is 0.254 e. The Bertz CT molecular complexity index is 1240. The van der Waals surface area contributed by atoms with E-state index >= 15 is 0 Å². The zero-order valence-electron chi connectivity index (χ0n) is 18.7. The third-order valence-electron chi connectivity index (χ3n) is 6.26. The lowest BCUT2D eigenvalue weighted by Crippen LogP contribution is -2.49. The highest BCUT2D eigenvalue weighted by Gasteiger charge is 2.38. The Morgan fingerprint density at radius 3 is 2.56 bits per heavy atom. The van der Waals surface area contributed by atoms with Crippen molar-refractivity contribution in [1.29, 1.82) is 5.26 Å². The summed E-state index contributed by atoms with van der Waals surface area (Å²) in [6.07, 6.45) is 1.25. The van der Waals surface area contributed by atoms with E-state index in [1.165, 1.54) is 27.4 Å². The smallest absolute Gasteiger partial charge is 0.254 e. The van der Waals surface area contributed by atoms with Gasteiger partial charge in [0.05, 0.1) is 16.9 Å². The van der Waals surface area contributed by atoms with Gasteiger partial charge in [-0.05, 0) is 48.7 Å². The van der Waals surface area contributed by atoms with E-state index in [1.807, 2.05) is 12.1 Å². The minimum absolute atomic E-state index is 0.0108. The van der Waals surface area contributed by atoms with E-state index < -0.39 is 16.1 Å². The Labute approximate surface area is 204 Å². The molecule has 2 aliphatic rings. The Kier molecular flexibility index (Phi) is 6.94. The molecule has 2 amide bonds. The number of nitrogens with zero attached hydrogens (tertiary/aromatic N) is 4. The second-order valence-electron chi connectivity index (χ2n) is 8.65. The monoisotopic (exact) mass is 500 g/mol. The molecule has 2 aromatic rings. The Morgan fingerprint density at radius 2 is 1.88 bits per heavy atom. The van der Waals surface area contributed by atoms with Gasteiger partial charge < -0.3 is 9.80 Å². The van der Waals surface area contributed by atoms with Crippen LogP contribution in [0.4, 0.5) is 0 Å². The molecule has 0 aliphatic carbocycles. The predicted molar refractivity (Wildman–Crippen MR) is 126 cm³/mol. The maximum absolute atomic E-state index is 13.3. The summed E-state index contributed by atoms with van der Waals surface area (Å²) in [7, 11) is -2.08. The molecular formula is C24H25ClN4O4S. The summed E-state index contributed by atoms with van der Waals surface area (Å²) in [6.45, 7) is 1.12. The Balaban J connectivity index is 1.48. The summed E-state index contributed by atoms with van der Waals surface area (Å²) < 4.78 is 26.9. The molecule has 0 spiro atoms. The van der Waals surface area contributed by atoms with Crippen LogP contribution in [0.25, 0.3) is 0 Å². The summed E-state index contributed by atoms with van der Waals surface area (Å²) in [5.41, 5.74) is 1.15. The summed E-state index contributed by atoms with van der Waals surface area (Å²) in [5, 5.41) is 9.54. The van der Waals surface area contributed by atoms with Crippen molar-refractivity contribution in [2.45, 2.75) is 30.3 Å². The van der Waals surface area contributed by atoms with E-state index in [4.69, 9.17) is 16.9 Å². The highest BCUT2D eigenvalue weighted by molar-refractivity contribution is 7.89. The van der Waals surface area contributed by atoms with Crippen molar-refractivity contribution in [3.05, 3.63) is 64.7 Å². The molecule has 2 saturated heterocycles. The van der Waals surface area contributed by atoms with E-state index in [0.717, 1.165) is 5.56 Å². The molecule has 4 rings (SSSR count). The minimum Gasteiger partial charge on any atom is -0.340 e. The first-order valence-electron chi connectivity index (χ1n) is 11.0. The van der Waals surface area contributed by atoms with Crippen molar-refractivity contribution in [2.24, 2.45) is 5.92 Å². The van der Waals surface area contributed by atoms with Crippen molar-refractivity contribution in [1.82, 2.24) is 14.1 Å². The summed E-state index contributed by atoms with van der Waals surface area (Å²) in [5.74, 6) is -0.833. The number of halogens is 1. The summed E-state index contributed by atoms with van der Waals surface area (Å²) in [6, 6.07) is 14.6. The van der Waals surface area contributed by atoms with Gasteiger partial charge in [-0.3, -0.25) is 9.59 Å². The van der Waals surface area contributed by atoms with Gasteiger partial charge >= 0.3 is 0 Å². The molecule has 1 unspecified atom stereocenters. The second kappa shape index (κ2) is 9.74. The molecule has 0 aromatic heterocycles. The lowest BCUT2D eigenvalue weighted by atomic mass is 10.1. The lowest BCUT2D eigenvalue weighted by molar-refractivity contribution is -0.134. The molecule has 0 N–H and O–H groups in total. The number of nitriles is 1. The molecule has 10 heteroatoms. The van der Waals surface area contributed by atoms with E-state index in [0.29, 0.717) is 31.0 Å². The van der Waals surface area contributed by atoms with Crippen molar-refractivity contribution in [2.75, 3.05) is 26.7 Å². The van der Waals surface area contributed by atoms with Crippen molar-refractivity contribution >= 4 is 33.4 Å². The minimum atomic E-state index is -3.78. The maximum atomic E-state index is 13.3. The quantitative estimate of drug-likeness (QED) is 0.607. The van der Waals surface area contributed by atoms with E-state index in [-0.39, 0.29) is 41.3 Å². The molecule has 8 nitrogen and oxygen atoms in total. The number of likely N-dealkylation sites (N-methyl/N-ethyl adjacent to an activating group) is 1. The van der Waals surface area contributed by atoms with Gasteiger partial charge in [-0.15, -0.1) is 0 Å². The molecule has 2 aromatic carbocycles. The predicted octanol–water partition coefficient (Wildman–Crippen LogP) is 2.75. The average Bonchev–Trinajstić information content (AvgIpc) is 3.28. The molecular weight excluding hydrogens is 476 g/mol. The molecule has 34 heavy (non-hydrogen) atoms. The van der Waals surface area contributed by atoms with Crippen LogP contribution in [0.1, 0.15) is 28.8 Å². The van der Waals surface area contributed by atoms with E-state index in [1.54, 1.807) is 30.1 Å². The molecule has 178 valence electrons. The van der Waals surface area contributed by atoms with Crippen LogP contribution in [-0.2, 0) is 21.4 Å². The molecule has 2 fully saturated rings. The number of hydrogen-bond donors (Lipinski definition) is 0. The van der Waals surface area contributed by atoms with Crippen molar-refractivity contribution < 1.29 is 18.0 Å². The van der Waals surface area contributed by atoms with Crippen LogP contribution >= 0.6 is 11.6 Å². The summed E-state index contributed by atoms with van der Waals surface area (Å²) >= 11 is 5.93. The number of hydrogen-bond acceptors (Lipinski definition) is 5. The topological polar surface area (TPSA) is 102 Å². The van der Waals surface area contributed by atoms with Crippen molar-refractivity contribution in [3.8, 4) is 6.07 Å². The van der Waals surface area contributed by atoms with Gasteiger partial charge in [-0.25, -0.2) is 8.42 Å². The van der Waals surface area contributed by atoms with Gasteiger partial charge in [-0.2, -0.15) is 9.57 Å². The third kappa shape index (κ3) is 4.80. The number of amides is 2. The van der Waals surface area contributed by atoms with Crippen LogP contribution in [0.2, 0.25) is 5.02 Å². The fourth-order valence-corrected chi connectivity index (χ4v) is 5.99. The largest absolute Gasteiger partial charge is 0.340 e.